The van der Waals surface area contributed by atoms with Crippen LogP contribution in [0.15, 0.2) is 0 Å². The Morgan fingerprint density at radius 2 is 1.83 bits per heavy atom. The third kappa shape index (κ3) is 5.86. The van der Waals surface area contributed by atoms with Gasteiger partial charge in [-0.2, -0.15) is 5.26 Å². The van der Waals surface area contributed by atoms with Gasteiger partial charge >= 0.3 is 6.09 Å². The third-order valence-electron chi connectivity index (χ3n) is 6.90. The van der Waals surface area contributed by atoms with Crippen LogP contribution in [0.5, 0.6) is 0 Å². The van der Waals surface area contributed by atoms with Crippen LogP contribution in [-0.2, 0) is 14.3 Å². The van der Waals surface area contributed by atoms with E-state index in [-0.39, 0.29) is 10.8 Å². The number of likely N-dealkylation sites (N-methyl/N-ethyl adjacent to an activating group) is 1. The van der Waals surface area contributed by atoms with E-state index in [2.05, 4.69) is 50.9 Å². The predicted octanol–water partition coefficient (Wildman–Crippen LogP) is 2.39. The van der Waals surface area contributed by atoms with Gasteiger partial charge in [0.2, 0.25) is 0 Å². The number of likely N-dealkylation sites (tertiary alicyclic amines) is 1. The van der Waals surface area contributed by atoms with Crippen LogP contribution in [0.25, 0.3) is 0 Å². The van der Waals surface area contributed by atoms with Crippen molar-refractivity contribution < 1.29 is 19.1 Å². The van der Waals surface area contributed by atoms with Crippen molar-refractivity contribution in [2.24, 2.45) is 10.8 Å². The van der Waals surface area contributed by atoms with Gasteiger partial charge in [0, 0.05) is 26.2 Å². The molecule has 0 aliphatic carbocycles. The molecule has 8 heteroatoms. The van der Waals surface area contributed by atoms with Gasteiger partial charge in [-0.25, -0.2) is 4.79 Å². The summed E-state index contributed by atoms with van der Waals surface area (Å²) >= 11 is 0. The molecule has 8 nitrogen and oxygen atoms in total. The van der Waals surface area contributed by atoms with E-state index < -0.39 is 23.6 Å². The standard InChI is InChI=1S/C22H38N4O4/c1-7-25-9-8-22(15-23,16-25)24-18(27)17(14-21(5,6)20(2,3)4)30-19(28)26-10-12-29-13-11-26/h17H,7-14,16H2,1-6H3,(H,24,27). The lowest BCUT2D eigenvalue weighted by molar-refractivity contribution is -0.134. The van der Waals surface area contributed by atoms with E-state index in [1.54, 1.807) is 4.90 Å². The lowest BCUT2D eigenvalue weighted by Crippen LogP contribution is -2.55. The maximum absolute atomic E-state index is 13.3. The van der Waals surface area contributed by atoms with E-state index in [0.717, 1.165) is 13.1 Å². The average molecular weight is 423 g/mol. The number of nitrogens with one attached hydrogen (secondary N) is 1. The first kappa shape index (κ1) is 24.4. The number of hydrogen-bond acceptors (Lipinski definition) is 6. The number of amides is 2. The minimum Gasteiger partial charge on any atom is -0.436 e. The maximum atomic E-state index is 13.3. The smallest absolute Gasteiger partial charge is 0.410 e. The molecule has 0 radical (unpaired) electrons. The molecule has 2 fully saturated rings. The molecule has 2 saturated heterocycles. The normalized spacial score (nSPS) is 24.2. The Hall–Kier alpha value is -1.85. The molecule has 2 atom stereocenters. The number of nitriles is 1. The second kappa shape index (κ2) is 9.52. The molecule has 1 N–H and O–H groups in total. The highest BCUT2D eigenvalue weighted by Crippen LogP contribution is 2.42. The fourth-order valence-corrected chi connectivity index (χ4v) is 3.60. The van der Waals surface area contributed by atoms with E-state index in [1.165, 1.54) is 0 Å². The summed E-state index contributed by atoms with van der Waals surface area (Å²) in [7, 11) is 0. The topological polar surface area (TPSA) is 94.9 Å². The van der Waals surface area contributed by atoms with Crippen molar-refractivity contribution >= 4 is 12.0 Å². The Morgan fingerprint density at radius 3 is 2.33 bits per heavy atom. The van der Waals surface area contributed by atoms with Crippen molar-refractivity contribution in [2.75, 3.05) is 45.9 Å². The maximum Gasteiger partial charge on any atom is 0.410 e. The van der Waals surface area contributed by atoms with E-state index >= 15 is 0 Å². The summed E-state index contributed by atoms with van der Waals surface area (Å²) in [5, 5.41) is 12.7. The molecule has 30 heavy (non-hydrogen) atoms. The Morgan fingerprint density at radius 1 is 1.20 bits per heavy atom. The highest BCUT2D eigenvalue weighted by Gasteiger charge is 2.44. The largest absolute Gasteiger partial charge is 0.436 e. The molecular formula is C22H38N4O4. The van der Waals surface area contributed by atoms with E-state index in [4.69, 9.17) is 9.47 Å². The number of nitrogens with zero attached hydrogens (tertiary/aromatic N) is 3. The molecule has 0 aromatic rings. The fraction of sp³-hybridized carbons (Fsp3) is 0.864. The number of morpholine rings is 1. The molecule has 2 aliphatic heterocycles. The van der Waals surface area contributed by atoms with Crippen LogP contribution in [0.3, 0.4) is 0 Å². The van der Waals surface area contributed by atoms with E-state index in [1.807, 2.05) is 6.92 Å². The second-order valence-electron chi connectivity index (χ2n) is 10.1. The molecule has 2 unspecified atom stereocenters. The summed E-state index contributed by atoms with van der Waals surface area (Å²) in [6.07, 6.45) is -0.529. The quantitative estimate of drug-likeness (QED) is 0.706. The van der Waals surface area contributed by atoms with Gasteiger partial charge in [-0.15, -0.1) is 0 Å². The van der Waals surface area contributed by atoms with Gasteiger partial charge in [0.15, 0.2) is 6.10 Å². The monoisotopic (exact) mass is 422 g/mol. The summed E-state index contributed by atoms with van der Waals surface area (Å²) in [6, 6.07) is 2.30. The second-order valence-corrected chi connectivity index (χ2v) is 10.1. The fourth-order valence-electron chi connectivity index (χ4n) is 3.60. The Bertz CT molecular complexity index is 661. The first-order valence-electron chi connectivity index (χ1n) is 10.9. The van der Waals surface area contributed by atoms with Crippen molar-refractivity contribution in [3.8, 4) is 6.07 Å². The van der Waals surface area contributed by atoms with Gasteiger partial charge in [-0.3, -0.25) is 4.79 Å². The lowest BCUT2D eigenvalue weighted by atomic mass is 9.66. The van der Waals surface area contributed by atoms with Crippen LogP contribution in [0.2, 0.25) is 0 Å². The third-order valence-corrected chi connectivity index (χ3v) is 6.90. The Labute approximate surface area is 180 Å². The molecule has 2 rings (SSSR count). The summed E-state index contributed by atoms with van der Waals surface area (Å²) < 4.78 is 11.0. The molecule has 0 saturated carbocycles. The lowest BCUT2D eigenvalue weighted by Gasteiger charge is -2.41. The number of carbonyl (C=O) groups excluding carboxylic acids is 2. The van der Waals surface area contributed by atoms with Gasteiger partial charge in [0.25, 0.3) is 5.91 Å². The molecule has 170 valence electrons. The van der Waals surface area contributed by atoms with Crippen molar-refractivity contribution in [3.05, 3.63) is 0 Å². The number of carbonyl (C=O) groups is 2. The summed E-state index contributed by atoms with van der Waals surface area (Å²) in [5.74, 6) is -0.395. The van der Waals surface area contributed by atoms with E-state index in [0.29, 0.717) is 45.7 Å². The highest BCUT2D eigenvalue weighted by atomic mass is 16.6. The van der Waals surface area contributed by atoms with Crippen LogP contribution in [-0.4, -0.2) is 79.4 Å². The first-order valence-corrected chi connectivity index (χ1v) is 10.9. The highest BCUT2D eigenvalue weighted by molar-refractivity contribution is 5.84. The van der Waals surface area contributed by atoms with Crippen LogP contribution in [0, 0.1) is 22.2 Å². The molecule has 2 aliphatic rings. The first-order chi connectivity index (χ1) is 13.9. The predicted molar refractivity (Wildman–Crippen MR) is 114 cm³/mol. The van der Waals surface area contributed by atoms with Crippen molar-refractivity contribution in [2.45, 2.75) is 66.0 Å². The van der Waals surface area contributed by atoms with E-state index in [9.17, 15) is 14.9 Å². The number of ether oxygens (including phenoxy) is 2. The van der Waals surface area contributed by atoms with Crippen molar-refractivity contribution in [1.29, 1.82) is 5.26 Å². The molecule has 0 spiro atoms. The van der Waals surface area contributed by atoms with Crippen molar-refractivity contribution in [3.63, 3.8) is 0 Å². The summed E-state index contributed by atoms with van der Waals surface area (Å²) in [5.41, 5.74) is -1.32. The average Bonchev–Trinajstić information content (AvgIpc) is 3.10. The molecule has 2 heterocycles. The summed E-state index contributed by atoms with van der Waals surface area (Å²) in [4.78, 5) is 29.7. The van der Waals surface area contributed by atoms with Gasteiger partial charge in [-0.05, 0) is 30.2 Å². The Balaban J connectivity index is 2.18. The van der Waals surface area contributed by atoms with Crippen molar-refractivity contribution in [1.82, 2.24) is 15.1 Å². The van der Waals surface area contributed by atoms with Crippen LogP contribution < -0.4 is 5.32 Å². The SMILES string of the molecule is CCN1CCC(C#N)(NC(=O)C(CC(C)(C)C(C)(C)C)OC(=O)N2CCOCC2)C1. The van der Waals surface area contributed by atoms with Gasteiger partial charge in [0.1, 0.15) is 5.54 Å². The molecule has 0 bridgehead atoms. The van der Waals surface area contributed by atoms with Gasteiger partial charge in [-0.1, -0.05) is 41.5 Å². The molecule has 0 aromatic carbocycles. The molecular weight excluding hydrogens is 384 g/mol. The van der Waals surface area contributed by atoms with Crippen LogP contribution >= 0.6 is 0 Å². The zero-order chi connectivity index (χ0) is 22.6. The van der Waals surface area contributed by atoms with Crippen LogP contribution in [0.1, 0.15) is 54.4 Å². The minimum absolute atomic E-state index is 0.101. The zero-order valence-corrected chi connectivity index (χ0v) is 19.4. The van der Waals surface area contributed by atoms with Gasteiger partial charge in [0.05, 0.1) is 19.3 Å². The van der Waals surface area contributed by atoms with Crippen LogP contribution in [0.4, 0.5) is 4.79 Å². The molecule has 0 aromatic heterocycles. The zero-order valence-electron chi connectivity index (χ0n) is 19.4. The number of rotatable bonds is 6. The summed E-state index contributed by atoms with van der Waals surface area (Å²) in [6.45, 7) is 16.4. The Kier molecular flexibility index (Phi) is 7.75. The molecule has 2 amide bonds. The minimum atomic E-state index is -0.963. The van der Waals surface area contributed by atoms with Gasteiger partial charge < -0.3 is 24.6 Å². The number of hydrogen-bond donors (Lipinski definition) is 1.